The molecule has 1 atom stereocenters. The van der Waals surface area contributed by atoms with E-state index in [4.69, 9.17) is 0 Å². The zero-order valence-corrected chi connectivity index (χ0v) is 6.39. The summed E-state index contributed by atoms with van der Waals surface area (Å²) in [7, 11) is 0. The molecule has 0 bridgehead atoms. The van der Waals surface area contributed by atoms with Crippen molar-refractivity contribution >= 4 is 11.9 Å². The van der Waals surface area contributed by atoms with Crippen molar-refractivity contribution in [2.75, 3.05) is 0 Å². The van der Waals surface area contributed by atoms with E-state index < -0.39 is 6.03 Å². The third-order valence-corrected chi connectivity index (χ3v) is 0.978. The van der Waals surface area contributed by atoms with Crippen LogP contribution >= 0.6 is 0 Å². The molecule has 0 aromatic rings. The Morgan fingerprint density at radius 3 is 2.00 bits per heavy atom. The largest absolute Gasteiger partial charge is 0.326 e. The van der Waals surface area contributed by atoms with Crippen LogP contribution in [-0.2, 0) is 4.79 Å². The molecule has 10 heavy (non-hydrogen) atoms. The van der Waals surface area contributed by atoms with Crippen LogP contribution in [0.1, 0.15) is 23.6 Å². The molecule has 1 fully saturated rings. The van der Waals surface area contributed by atoms with Gasteiger partial charge in [-0.05, 0) is 6.92 Å². The van der Waals surface area contributed by atoms with E-state index >= 15 is 0 Å². The number of amides is 3. The van der Waals surface area contributed by atoms with Gasteiger partial charge in [0.1, 0.15) is 6.04 Å². The van der Waals surface area contributed by atoms with Crippen molar-refractivity contribution in [3.63, 3.8) is 0 Å². The summed E-state index contributed by atoms with van der Waals surface area (Å²) in [5, 5.41) is 4.44. The van der Waals surface area contributed by atoms with Gasteiger partial charge in [0.15, 0.2) is 0 Å². The first-order valence-electron chi connectivity index (χ1n) is 3.31. The Morgan fingerprint density at radius 1 is 1.40 bits per heavy atom. The van der Waals surface area contributed by atoms with E-state index in [1.54, 1.807) is 6.92 Å². The lowest BCUT2D eigenvalue weighted by Crippen LogP contribution is -2.24. The number of carbonyl (C=O) groups excluding carboxylic acids is 2. The van der Waals surface area contributed by atoms with Crippen molar-refractivity contribution in [3.8, 4) is 0 Å². The summed E-state index contributed by atoms with van der Waals surface area (Å²) in [5.74, 6) is -0.255. The molecule has 0 aromatic carbocycles. The molecular formula is C6H16N2O2. The summed E-state index contributed by atoms with van der Waals surface area (Å²) < 4.78 is 0. The van der Waals surface area contributed by atoms with E-state index in [1.807, 2.05) is 13.8 Å². The molecule has 1 rings (SSSR count). The smallest absolute Gasteiger partial charge is 0.322 e. The highest BCUT2D eigenvalue weighted by atomic mass is 16.2. The standard InChI is InChI=1S/C4H6N2O2.C2H6.2H2/c1-2-3(7)6-4(8)5-2;1-2;;/h2H,1H3,(H2,5,6,7,8);1-2H3;2*1H. The van der Waals surface area contributed by atoms with Crippen molar-refractivity contribution in [2.45, 2.75) is 26.8 Å². The van der Waals surface area contributed by atoms with Gasteiger partial charge in [0.2, 0.25) is 5.91 Å². The molecule has 2 N–H and O–H groups in total. The molecule has 0 saturated carbocycles. The van der Waals surface area contributed by atoms with Crippen LogP contribution in [0.15, 0.2) is 0 Å². The second-order valence-corrected chi connectivity index (χ2v) is 1.68. The Hall–Kier alpha value is -1.06. The van der Waals surface area contributed by atoms with E-state index in [0.717, 1.165) is 0 Å². The Balaban J connectivity index is -0.000000189. The fourth-order valence-electron chi connectivity index (χ4n) is 0.518. The third kappa shape index (κ3) is 2.05. The number of hydrogen-bond acceptors (Lipinski definition) is 2. The van der Waals surface area contributed by atoms with Gasteiger partial charge in [-0.15, -0.1) is 0 Å². The SMILES string of the molecule is CC.CC1NC(=O)NC1=O.[HH].[HH]. The van der Waals surface area contributed by atoms with Crippen molar-refractivity contribution in [2.24, 2.45) is 0 Å². The van der Waals surface area contributed by atoms with Crippen LogP contribution in [-0.4, -0.2) is 18.0 Å². The van der Waals surface area contributed by atoms with Gasteiger partial charge in [0, 0.05) is 2.85 Å². The second kappa shape index (κ2) is 3.87. The molecule has 0 aromatic heterocycles. The second-order valence-electron chi connectivity index (χ2n) is 1.68. The Labute approximate surface area is 63.0 Å². The predicted molar refractivity (Wildman–Crippen MR) is 41.7 cm³/mol. The van der Waals surface area contributed by atoms with Crippen molar-refractivity contribution in [3.05, 3.63) is 0 Å². The molecule has 0 spiro atoms. The number of hydrogen-bond donors (Lipinski definition) is 2. The van der Waals surface area contributed by atoms with Crippen LogP contribution in [0.5, 0.6) is 0 Å². The molecule has 1 aliphatic rings. The minimum absolute atomic E-state index is 0. The van der Waals surface area contributed by atoms with Crippen LogP contribution in [0.3, 0.4) is 0 Å². The van der Waals surface area contributed by atoms with Crippen LogP contribution in [0, 0.1) is 0 Å². The third-order valence-electron chi connectivity index (χ3n) is 0.978. The van der Waals surface area contributed by atoms with Gasteiger partial charge in [-0.3, -0.25) is 10.1 Å². The number of imide groups is 1. The van der Waals surface area contributed by atoms with Gasteiger partial charge < -0.3 is 5.32 Å². The highest BCUT2D eigenvalue weighted by molar-refractivity contribution is 6.03. The zero-order valence-electron chi connectivity index (χ0n) is 6.39. The van der Waals surface area contributed by atoms with Gasteiger partial charge in [0.05, 0.1) is 0 Å². The van der Waals surface area contributed by atoms with Gasteiger partial charge in [-0.2, -0.15) is 0 Å². The summed E-state index contributed by atoms with van der Waals surface area (Å²) in [5.41, 5.74) is 0. The highest BCUT2D eigenvalue weighted by Gasteiger charge is 2.24. The van der Waals surface area contributed by atoms with E-state index in [2.05, 4.69) is 10.6 Å². The van der Waals surface area contributed by atoms with E-state index in [1.165, 1.54) is 0 Å². The topological polar surface area (TPSA) is 58.2 Å². The van der Waals surface area contributed by atoms with E-state index in [-0.39, 0.29) is 14.8 Å². The molecule has 3 amide bonds. The molecule has 1 saturated heterocycles. The lowest BCUT2D eigenvalue weighted by atomic mass is 10.4. The van der Waals surface area contributed by atoms with Crippen LogP contribution in [0.25, 0.3) is 0 Å². The normalized spacial score (nSPS) is 22.5. The summed E-state index contributed by atoms with van der Waals surface area (Å²) >= 11 is 0. The van der Waals surface area contributed by atoms with E-state index in [9.17, 15) is 9.59 Å². The fourth-order valence-corrected chi connectivity index (χ4v) is 0.518. The monoisotopic (exact) mass is 148 g/mol. The van der Waals surface area contributed by atoms with Crippen molar-refractivity contribution < 1.29 is 12.4 Å². The van der Waals surface area contributed by atoms with Crippen molar-refractivity contribution in [1.29, 1.82) is 0 Å². The van der Waals surface area contributed by atoms with Gasteiger partial charge in [0.25, 0.3) is 0 Å². The van der Waals surface area contributed by atoms with Gasteiger partial charge >= 0.3 is 6.03 Å². The molecule has 1 unspecified atom stereocenters. The van der Waals surface area contributed by atoms with Gasteiger partial charge in [-0.1, -0.05) is 13.8 Å². The molecule has 4 heteroatoms. The maximum absolute atomic E-state index is 10.4. The summed E-state index contributed by atoms with van der Waals surface area (Å²) in [6.45, 7) is 5.63. The van der Waals surface area contributed by atoms with Crippen LogP contribution in [0.2, 0.25) is 0 Å². The molecular weight excluding hydrogens is 132 g/mol. The maximum Gasteiger partial charge on any atom is 0.322 e. The first-order valence-corrected chi connectivity index (χ1v) is 3.31. The summed E-state index contributed by atoms with van der Waals surface area (Å²) in [6.07, 6.45) is 0. The Bertz CT molecular complexity index is 152. The van der Waals surface area contributed by atoms with Crippen molar-refractivity contribution in [1.82, 2.24) is 10.6 Å². The maximum atomic E-state index is 10.4. The molecule has 1 heterocycles. The molecule has 1 aliphatic heterocycles. The Morgan fingerprint density at radius 2 is 1.90 bits per heavy atom. The minimum atomic E-state index is -0.400. The van der Waals surface area contributed by atoms with Crippen LogP contribution < -0.4 is 10.6 Å². The average molecular weight is 148 g/mol. The molecule has 62 valence electrons. The minimum Gasteiger partial charge on any atom is -0.326 e. The number of nitrogens with one attached hydrogen (secondary N) is 2. The summed E-state index contributed by atoms with van der Waals surface area (Å²) in [6, 6.07) is -0.759. The quantitative estimate of drug-likeness (QED) is 0.497. The number of urea groups is 1. The first kappa shape index (κ1) is 8.94. The molecule has 0 aliphatic carbocycles. The highest BCUT2D eigenvalue weighted by Crippen LogP contribution is 1.88. The predicted octanol–water partition coefficient (Wildman–Crippen LogP) is 0.733. The molecule has 0 radical (unpaired) electrons. The Kier molecular flexibility index (Phi) is 3.46. The lowest BCUT2D eigenvalue weighted by Gasteiger charge is -1.91. The number of carbonyl (C=O) groups is 2. The zero-order chi connectivity index (χ0) is 8.15. The molecule has 4 nitrogen and oxygen atoms in total. The van der Waals surface area contributed by atoms with E-state index in [0.29, 0.717) is 0 Å². The lowest BCUT2D eigenvalue weighted by molar-refractivity contribution is -0.119. The van der Waals surface area contributed by atoms with Crippen LogP contribution in [0.4, 0.5) is 4.79 Å². The summed E-state index contributed by atoms with van der Waals surface area (Å²) in [4.78, 5) is 20.6. The van der Waals surface area contributed by atoms with Gasteiger partial charge in [-0.25, -0.2) is 4.79 Å². The first-order chi connectivity index (χ1) is 4.70. The fraction of sp³-hybridized carbons (Fsp3) is 0.667. The number of rotatable bonds is 0. The average Bonchev–Trinajstić information content (AvgIpc) is 2.16.